The SMILES string of the molecule is C=C(C=CC)c1cccnn1. The number of rotatable bonds is 2. The summed E-state index contributed by atoms with van der Waals surface area (Å²) in [5, 5.41) is 7.64. The first-order valence-corrected chi connectivity index (χ1v) is 3.44. The summed E-state index contributed by atoms with van der Waals surface area (Å²) in [5.74, 6) is 0. The summed E-state index contributed by atoms with van der Waals surface area (Å²) in [4.78, 5) is 0. The van der Waals surface area contributed by atoms with Crippen LogP contribution in [0.15, 0.2) is 37.1 Å². The van der Waals surface area contributed by atoms with Crippen LogP contribution < -0.4 is 0 Å². The first-order valence-electron chi connectivity index (χ1n) is 3.44. The lowest BCUT2D eigenvalue weighted by Gasteiger charge is -1.94. The topological polar surface area (TPSA) is 25.8 Å². The van der Waals surface area contributed by atoms with Crippen LogP contribution in [-0.2, 0) is 0 Å². The van der Waals surface area contributed by atoms with Crippen molar-refractivity contribution in [2.24, 2.45) is 0 Å². The Morgan fingerprint density at radius 1 is 1.64 bits per heavy atom. The predicted molar refractivity (Wildman–Crippen MR) is 45.9 cm³/mol. The molecule has 0 aliphatic heterocycles. The first kappa shape index (κ1) is 7.66. The van der Waals surface area contributed by atoms with Gasteiger partial charge in [-0.15, -0.1) is 0 Å². The Morgan fingerprint density at radius 2 is 2.45 bits per heavy atom. The quantitative estimate of drug-likeness (QED) is 0.597. The largest absolute Gasteiger partial charge is 0.159 e. The molecule has 0 aliphatic carbocycles. The zero-order valence-electron chi connectivity index (χ0n) is 6.49. The summed E-state index contributed by atoms with van der Waals surface area (Å²) in [6.07, 6.45) is 5.48. The molecule has 0 amide bonds. The average molecular weight is 146 g/mol. The van der Waals surface area contributed by atoms with Crippen LogP contribution in [0.4, 0.5) is 0 Å². The van der Waals surface area contributed by atoms with E-state index in [1.807, 2.05) is 31.2 Å². The second-order valence-corrected chi connectivity index (χ2v) is 2.13. The molecule has 0 radical (unpaired) electrons. The zero-order chi connectivity index (χ0) is 8.10. The molecule has 0 saturated carbocycles. The molecule has 0 spiro atoms. The van der Waals surface area contributed by atoms with E-state index in [2.05, 4.69) is 16.8 Å². The maximum absolute atomic E-state index is 3.90. The van der Waals surface area contributed by atoms with Gasteiger partial charge in [-0.05, 0) is 24.6 Å². The summed E-state index contributed by atoms with van der Waals surface area (Å²) in [5.41, 5.74) is 1.71. The number of hydrogen-bond acceptors (Lipinski definition) is 2. The van der Waals surface area contributed by atoms with Crippen molar-refractivity contribution in [3.05, 3.63) is 42.8 Å². The maximum Gasteiger partial charge on any atom is 0.0923 e. The van der Waals surface area contributed by atoms with Gasteiger partial charge in [0.1, 0.15) is 0 Å². The molecule has 0 aliphatic rings. The second kappa shape index (κ2) is 3.66. The summed E-state index contributed by atoms with van der Waals surface area (Å²) in [6, 6.07) is 3.73. The highest BCUT2D eigenvalue weighted by atomic mass is 15.1. The van der Waals surface area contributed by atoms with Gasteiger partial charge in [-0.2, -0.15) is 10.2 Å². The number of allylic oxidation sites excluding steroid dienone is 3. The lowest BCUT2D eigenvalue weighted by atomic mass is 10.2. The highest BCUT2D eigenvalue weighted by Gasteiger charge is 1.92. The second-order valence-electron chi connectivity index (χ2n) is 2.13. The molecule has 56 valence electrons. The third-order valence-electron chi connectivity index (χ3n) is 1.27. The van der Waals surface area contributed by atoms with Crippen LogP contribution in [0, 0.1) is 0 Å². The van der Waals surface area contributed by atoms with E-state index in [1.165, 1.54) is 0 Å². The minimum atomic E-state index is 0.825. The van der Waals surface area contributed by atoms with Gasteiger partial charge in [-0.1, -0.05) is 18.7 Å². The van der Waals surface area contributed by atoms with Gasteiger partial charge in [-0.25, -0.2) is 0 Å². The van der Waals surface area contributed by atoms with Crippen molar-refractivity contribution in [2.45, 2.75) is 6.92 Å². The Labute approximate surface area is 66.3 Å². The molecule has 1 rings (SSSR count). The summed E-state index contributed by atoms with van der Waals surface area (Å²) in [7, 11) is 0. The van der Waals surface area contributed by atoms with Crippen molar-refractivity contribution >= 4 is 5.57 Å². The van der Waals surface area contributed by atoms with Gasteiger partial charge in [0.15, 0.2) is 0 Å². The number of aromatic nitrogens is 2. The maximum atomic E-state index is 3.90. The molecule has 2 heteroatoms. The molecule has 0 aromatic carbocycles. The van der Waals surface area contributed by atoms with Crippen LogP contribution in [0.2, 0.25) is 0 Å². The van der Waals surface area contributed by atoms with Gasteiger partial charge < -0.3 is 0 Å². The molecule has 1 aromatic rings. The molecule has 2 nitrogen and oxygen atoms in total. The van der Waals surface area contributed by atoms with Crippen LogP contribution in [0.1, 0.15) is 12.6 Å². The molecule has 1 aromatic heterocycles. The van der Waals surface area contributed by atoms with Crippen molar-refractivity contribution in [1.29, 1.82) is 0 Å². The third-order valence-corrected chi connectivity index (χ3v) is 1.27. The number of nitrogens with zero attached hydrogens (tertiary/aromatic N) is 2. The van der Waals surface area contributed by atoms with E-state index in [4.69, 9.17) is 0 Å². The first-order chi connectivity index (χ1) is 5.34. The van der Waals surface area contributed by atoms with Crippen LogP contribution in [-0.4, -0.2) is 10.2 Å². The fourth-order valence-corrected chi connectivity index (χ4v) is 0.759. The molecule has 0 fully saturated rings. The van der Waals surface area contributed by atoms with Crippen molar-refractivity contribution in [3.63, 3.8) is 0 Å². The van der Waals surface area contributed by atoms with Crippen LogP contribution in [0.25, 0.3) is 5.57 Å². The lowest BCUT2D eigenvalue weighted by molar-refractivity contribution is 1.01. The minimum absolute atomic E-state index is 0.825. The van der Waals surface area contributed by atoms with Crippen LogP contribution >= 0.6 is 0 Å². The third kappa shape index (κ3) is 2.00. The van der Waals surface area contributed by atoms with Crippen molar-refractivity contribution < 1.29 is 0 Å². The van der Waals surface area contributed by atoms with E-state index in [0.29, 0.717) is 0 Å². The summed E-state index contributed by atoms with van der Waals surface area (Å²) in [6.45, 7) is 5.77. The fourth-order valence-electron chi connectivity index (χ4n) is 0.759. The molecular weight excluding hydrogens is 136 g/mol. The van der Waals surface area contributed by atoms with Crippen molar-refractivity contribution in [2.75, 3.05) is 0 Å². The van der Waals surface area contributed by atoms with E-state index in [0.717, 1.165) is 11.3 Å². The van der Waals surface area contributed by atoms with E-state index in [9.17, 15) is 0 Å². The van der Waals surface area contributed by atoms with E-state index in [1.54, 1.807) is 6.20 Å². The van der Waals surface area contributed by atoms with Crippen molar-refractivity contribution in [3.8, 4) is 0 Å². The summed E-state index contributed by atoms with van der Waals surface area (Å²) < 4.78 is 0. The zero-order valence-corrected chi connectivity index (χ0v) is 6.49. The standard InChI is InChI=1S/C9H10N2/c1-3-5-8(2)9-6-4-7-10-11-9/h3-7H,2H2,1H3. The van der Waals surface area contributed by atoms with Gasteiger partial charge in [-0.3, -0.25) is 0 Å². The minimum Gasteiger partial charge on any atom is -0.159 e. The highest BCUT2D eigenvalue weighted by Crippen LogP contribution is 2.07. The van der Waals surface area contributed by atoms with Gasteiger partial charge in [0.2, 0.25) is 0 Å². The molecule has 0 bridgehead atoms. The predicted octanol–water partition coefficient (Wildman–Crippen LogP) is 2.07. The van der Waals surface area contributed by atoms with Gasteiger partial charge in [0.25, 0.3) is 0 Å². The lowest BCUT2D eigenvalue weighted by Crippen LogP contribution is -1.86. The Morgan fingerprint density at radius 3 is 3.00 bits per heavy atom. The number of hydrogen-bond donors (Lipinski definition) is 0. The highest BCUT2D eigenvalue weighted by molar-refractivity contribution is 5.68. The monoisotopic (exact) mass is 146 g/mol. The Hall–Kier alpha value is -1.44. The van der Waals surface area contributed by atoms with E-state index < -0.39 is 0 Å². The Balaban J connectivity index is 2.86. The van der Waals surface area contributed by atoms with Crippen LogP contribution in [0.3, 0.4) is 0 Å². The molecule has 0 unspecified atom stereocenters. The summed E-state index contributed by atoms with van der Waals surface area (Å²) >= 11 is 0. The Bertz CT molecular complexity index is 262. The molecule has 1 heterocycles. The van der Waals surface area contributed by atoms with Gasteiger partial charge in [0, 0.05) is 6.20 Å². The molecular formula is C9H10N2. The molecule has 0 atom stereocenters. The van der Waals surface area contributed by atoms with Crippen LogP contribution in [0.5, 0.6) is 0 Å². The smallest absolute Gasteiger partial charge is 0.0923 e. The normalized spacial score (nSPS) is 10.3. The van der Waals surface area contributed by atoms with Crippen molar-refractivity contribution in [1.82, 2.24) is 10.2 Å². The molecule has 0 N–H and O–H groups in total. The average Bonchev–Trinajstić information content (AvgIpc) is 2.07. The van der Waals surface area contributed by atoms with E-state index in [-0.39, 0.29) is 0 Å². The molecule has 0 saturated heterocycles. The fraction of sp³-hybridized carbons (Fsp3) is 0.111. The Kier molecular flexibility index (Phi) is 2.55. The molecule has 11 heavy (non-hydrogen) atoms. The van der Waals surface area contributed by atoms with Gasteiger partial charge in [0.05, 0.1) is 5.69 Å². The van der Waals surface area contributed by atoms with Gasteiger partial charge >= 0.3 is 0 Å². The van der Waals surface area contributed by atoms with E-state index >= 15 is 0 Å².